The highest BCUT2D eigenvalue weighted by Crippen LogP contribution is 2.28. The smallest absolute Gasteiger partial charge is 0.235 e. The molecule has 4 aromatic rings. The van der Waals surface area contributed by atoms with E-state index in [1.54, 1.807) is 16.6 Å². The molecule has 1 aromatic carbocycles. The first-order valence-corrected chi connectivity index (χ1v) is 8.00. The molecule has 0 amide bonds. The minimum absolute atomic E-state index is 0.282. The van der Waals surface area contributed by atoms with Crippen LogP contribution in [-0.4, -0.2) is 29.6 Å². The predicted molar refractivity (Wildman–Crippen MR) is 85.7 cm³/mol. The highest BCUT2D eigenvalue weighted by atomic mass is 32.1. The summed E-state index contributed by atoms with van der Waals surface area (Å²) < 4.78 is 16.7. The number of aryl methyl sites for hydroxylation is 2. The summed E-state index contributed by atoms with van der Waals surface area (Å²) in [4.78, 5) is 0.695. The van der Waals surface area contributed by atoms with Gasteiger partial charge >= 0.3 is 0 Å². The lowest BCUT2D eigenvalue weighted by molar-refractivity contribution is 0.628. The second-order valence-corrected chi connectivity index (χ2v) is 6.07. The van der Waals surface area contributed by atoms with Crippen molar-refractivity contribution in [2.45, 2.75) is 20.4 Å². The first-order valence-electron chi connectivity index (χ1n) is 7.18. The largest absolute Gasteiger partial charge is 0.262 e. The lowest BCUT2D eigenvalue weighted by atomic mass is 10.2. The van der Waals surface area contributed by atoms with Crippen LogP contribution in [0.3, 0.4) is 0 Å². The van der Waals surface area contributed by atoms with E-state index in [1.165, 1.54) is 23.5 Å². The van der Waals surface area contributed by atoms with E-state index in [9.17, 15) is 4.39 Å². The Bertz CT molecular complexity index is 981. The van der Waals surface area contributed by atoms with E-state index in [0.717, 1.165) is 28.5 Å². The van der Waals surface area contributed by atoms with E-state index >= 15 is 0 Å². The van der Waals surface area contributed by atoms with Gasteiger partial charge in [-0.15, -0.1) is 10.2 Å². The molecule has 3 heterocycles. The number of hydrogen-bond acceptors (Lipinski definition) is 5. The van der Waals surface area contributed by atoms with Crippen LogP contribution in [0.2, 0.25) is 0 Å². The van der Waals surface area contributed by atoms with Gasteiger partial charge in [0, 0.05) is 12.1 Å². The van der Waals surface area contributed by atoms with Gasteiger partial charge in [0.05, 0.1) is 11.4 Å². The summed E-state index contributed by atoms with van der Waals surface area (Å²) in [6.07, 6.45) is 0. The maximum absolute atomic E-state index is 13.1. The molecule has 116 valence electrons. The summed E-state index contributed by atoms with van der Waals surface area (Å²) in [6, 6.07) is 8.15. The molecule has 8 heteroatoms. The van der Waals surface area contributed by atoms with Gasteiger partial charge in [-0.1, -0.05) is 11.3 Å². The zero-order valence-electron chi connectivity index (χ0n) is 12.6. The maximum Gasteiger partial charge on any atom is 0.235 e. The summed E-state index contributed by atoms with van der Waals surface area (Å²) in [5, 5.41) is 18.2. The average Bonchev–Trinajstić information content (AvgIpc) is 3.21. The highest BCUT2D eigenvalue weighted by molar-refractivity contribution is 7.19. The number of fused-ring (bicyclic) bond motifs is 1. The number of rotatable bonds is 3. The Morgan fingerprint density at radius 3 is 2.65 bits per heavy atom. The van der Waals surface area contributed by atoms with Crippen LogP contribution in [0.15, 0.2) is 30.3 Å². The lowest BCUT2D eigenvalue weighted by Crippen LogP contribution is -1.99. The molecule has 0 aliphatic carbocycles. The molecule has 0 saturated heterocycles. The molecular formula is C15H13FN6S. The van der Waals surface area contributed by atoms with E-state index in [4.69, 9.17) is 0 Å². The summed E-state index contributed by atoms with van der Waals surface area (Å²) in [5.74, 6) is 0.317. The number of aromatic nitrogens is 6. The second-order valence-electron chi connectivity index (χ2n) is 5.12. The molecule has 0 aliphatic heterocycles. The quantitative estimate of drug-likeness (QED) is 0.579. The van der Waals surface area contributed by atoms with Crippen molar-refractivity contribution < 1.29 is 4.39 Å². The minimum atomic E-state index is -0.282. The fraction of sp³-hybridized carbons (Fsp3) is 0.200. The van der Waals surface area contributed by atoms with Crippen LogP contribution >= 0.6 is 11.3 Å². The van der Waals surface area contributed by atoms with E-state index in [2.05, 4.69) is 20.4 Å². The molecule has 3 aromatic heterocycles. The minimum Gasteiger partial charge on any atom is -0.262 e. The van der Waals surface area contributed by atoms with Gasteiger partial charge in [-0.3, -0.25) is 4.68 Å². The first kappa shape index (κ1) is 14.0. The van der Waals surface area contributed by atoms with Crippen molar-refractivity contribution in [2.24, 2.45) is 0 Å². The monoisotopic (exact) mass is 328 g/mol. The van der Waals surface area contributed by atoms with Crippen molar-refractivity contribution in [1.82, 2.24) is 29.6 Å². The summed E-state index contributed by atoms with van der Waals surface area (Å²) in [6.45, 7) is 4.77. The van der Waals surface area contributed by atoms with Gasteiger partial charge in [-0.2, -0.15) is 14.7 Å². The Morgan fingerprint density at radius 1 is 1.13 bits per heavy atom. The topological polar surface area (TPSA) is 60.9 Å². The van der Waals surface area contributed by atoms with Crippen LogP contribution in [-0.2, 0) is 6.54 Å². The summed E-state index contributed by atoms with van der Waals surface area (Å²) in [7, 11) is 0. The number of halogens is 1. The van der Waals surface area contributed by atoms with Gasteiger partial charge in [0.15, 0.2) is 10.8 Å². The van der Waals surface area contributed by atoms with Crippen molar-refractivity contribution in [2.75, 3.05) is 0 Å². The standard InChI is InChI=1S/C15H13FN6S/c1-3-21-12(8-9(2)19-21)14-20-22-13(17-18-15(22)23-14)10-4-6-11(16)7-5-10/h4-8H,3H2,1-2H3. The van der Waals surface area contributed by atoms with Crippen LogP contribution in [0.1, 0.15) is 12.6 Å². The Morgan fingerprint density at radius 2 is 1.91 bits per heavy atom. The van der Waals surface area contributed by atoms with Gasteiger partial charge < -0.3 is 0 Å². The zero-order valence-corrected chi connectivity index (χ0v) is 13.4. The van der Waals surface area contributed by atoms with Crippen molar-refractivity contribution >= 4 is 16.3 Å². The number of benzene rings is 1. The fourth-order valence-electron chi connectivity index (χ4n) is 2.46. The third kappa shape index (κ3) is 2.31. The van der Waals surface area contributed by atoms with E-state index < -0.39 is 0 Å². The molecule has 0 saturated carbocycles. The molecule has 0 bridgehead atoms. The summed E-state index contributed by atoms with van der Waals surface area (Å²) in [5.41, 5.74) is 2.69. The molecule has 23 heavy (non-hydrogen) atoms. The Hall–Kier alpha value is -2.61. The third-order valence-corrected chi connectivity index (χ3v) is 4.44. The Labute approximate surface area is 135 Å². The normalized spacial score (nSPS) is 11.4. The van der Waals surface area contributed by atoms with E-state index in [-0.39, 0.29) is 5.82 Å². The lowest BCUT2D eigenvalue weighted by Gasteiger charge is -2.00. The van der Waals surface area contributed by atoms with Crippen molar-refractivity contribution in [3.63, 3.8) is 0 Å². The molecule has 0 spiro atoms. The fourth-order valence-corrected chi connectivity index (χ4v) is 3.32. The number of nitrogens with zero attached hydrogens (tertiary/aromatic N) is 6. The van der Waals surface area contributed by atoms with Gasteiger partial charge in [0.25, 0.3) is 0 Å². The highest BCUT2D eigenvalue weighted by Gasteiger charge is 2.17. The van der Waals surface area contributed by atoms with Crippen molar-refractivity contribution in [3.05, 3.63) is 41.8 Å². The second kappa shape index (κ2) is 5.24. The van der Waals surface area contributed by atoms with E-state index in [1.807, 2.05) is 24.6 Å². The van der Waals surface area contributed by atoms with Crippen LogP contribution in [0.25, 0.3) is 27.1 Å². The van der Waals surface area contributed by atoms with Gasteiger partial charge in [-0.05, 0) is 44.2 Å². The van der Waals surface area contributed by atoms with Crippen molar-refractivity contribution in [1.29, 1.82) is 0 Å². The molecule has 0 unspecified atom stereocenters. The molecule has 0 fully saturated rings. The predicted octanol–water partition coefficient (Wildman–Crippen LogP) is 3.18. The van der Waals surface area contributed by atoms with Gasteiger partial charge in [-0.25, -0.2) is 4.39 Å². The SMILES string of the molecule is CCn1nc(C)cc1-c1nn2c(-c3ccc(F)cc3)nnc2s1. The molecule has 0 atom stereocenters. The van der Waals surface area contributed by atoms with Gasteiger partial charge in [0.1, 0.15) is 5.82 Å². The molecule has 0 aliphatic rings. The summed E-state index contributed by atoms with van der Waals surface area (Å²) >= 11 is 1.46. The van der Waals surface area contributed by atoms with Crippen LogP contribution in [0.5, 0.6) is 0 Å². The van der Waals surface area contributed by atoms with E-state index in [0.29, 0.717) is 10.8 Å². The Kier molecular flexibility index (Phi) is 3.19. The van der Waals surface area contributed by atoms with Gasteiger partial charge in [0.2, 0.25) is 4.96 Å². The molecule has 6 nitrogen and oxygen atoms in total. The Balaban J connectivity index is 1.84. The molecule has 0 N–H and O–H groups in total. The molecular weight excluding hydrogens is 315 g/mol. The van der Waals surface area contributed by atoms with Crippen LogP contribution in [0.4, 0.5) is 4.39 Å². The first-order chi connectivity index (χ1) is 11.2. The molecule has 4 rings (SSSR count). The zero-order chi connectivity index (χ0) is 16.0. The van der Waals surface area contributed by atoms with Crippen LogP contribution in [0, 0.1) is 12.7 Å². The van der Waals surface area contributed by atoms with Crippen LogP contribution < -0.4 is 0 Å². The molecule has 0 radical (unpaired) electrons. The number of hydrogen-bond donors (Lipinski definition) is 0. The third-order valence-electron chi connectivity index (χ3n) is 3.51. The average molecular weight is 328 g/mol. The maximum atomic E-state index is 13.1. The van der Waals surface area contributed by atoms with Crippen molar-refractivity contribution in [3.8, 4) is 22.1 Å².